The largest absolute Gasteiger partial charge is 0.299 e. The van der Waals surface area contributed by atoms with Gasteiger partial charge in [0.2, 0.25) is 0 Å². The van der Waals surface area contributed by atoms with E-state index in [0.29, 0.717) is 18.8 Å². The molecule has 8 nitrogen and oxygen atoms in total. The van der Waals surface area contributed by atoms with Gasteiger partial charge in [-0.05, 0) is 71.5 Å². The maximum Gasteiger partial charge on any atom is 0.174 e. The zero-order chi connectivity index (χ0) is 23.5. The monoisotopic (exact) mass is 460 g/mol. The number of tetrazole rings is 1. The summed E-state index contributed by atoms with van der Waals surface area (Å²) < 4.78 is 17.3. The standard InChI is InChI=1S/C25H29FN8/c1-3-20-8-5-9-22(27-20)24(28-21-11-10-18-16-33(2)30-23(18)15-21)25-29-31-32-34(25)13-12-17-6-4-7-19(26)14-17/h4-9,14,16,21,24,28H,3,10-13,15H2,1-2H3. The third kappa shape index (κ3) is 4.89. The fourth-order valence-corrected chi connectivity index (χ4v) is 4.66. The van der Waals surface area contributed by atoms with Crippen LogP contribution >= 0.6 is 0 Å². The van der Waals surface area contributed by atoms with Gasteiger partial charge in [0.15, 0.2) is 5.82 Å². The molecular formula is C25H29FN8. The fourth-order valence-electron chi connectivity index (χ4n) is 4.66. The zero-order valence-electron chi connectivity index (χ0n) is 19.5. The lowest BCUT2D eigenvalue weighted by Crippen LogP contribution is -2.39. The number of nitrogens with zero attached hydrogens (tertiary/aromatic N) is 7. The quantitative estimate of drug-likeness (QED) is 0.435. The predicted molar refractivity (Wildman–Crippen MR) is 126 cm³/mol. The molecule has 0 spiro atoms. The molecule has 176 valence electrons. The molecule has 4 aromatic rings. The minimum Gasteiger partial charge on any atom is -0.299 e. The molecule has 1 aliphatic carbocycles. The molecule has 0 aliphatic heterocycles. The molecule has 0 fully saturated rings. The van der Waals surface area contributed by atoms with Crippen LogP contribution < -0.4 is 5.32 Å². The van der Waals surface area contributed by atoms with Gasteiger partial charge < -0.3 is 0 Å². The summed E-state index contributed by atoms with van der Waals surface area (Å²) in [6.07, 6.45) is 6.44. The topological polar surface area (TPSA) is 86.3 Å². The Morgan fingerprint density at radius 3 is 2.94 bits per heavy atom. The Balaban J connectivity index is 1.42. The summed E-state index contributed by atoms with van der Waals surface area (Å²) in [7, 11) is 1.97. The van der Waals surface area contributed by atoms with Crippen molar-refractivity contribution in [3.05, 3.63) is 88.5 Å². The molecule has 2 unspecified atom stereocenters. The Labute approximate surface area is 198 Å². The van der Waals surface area contributed by atoms with E-state index in [9.17, 15) is 4.39 Å². The number of aryl methyl sites for hydroxylation is 5. The number of halogens is 1. The van der Waals surface area contributed by atoms with Crippen molar-refractivity contribution in [3.8, 4) is 0 Å². The van der Waals surface area contributed by atoms with Crippen LogP contribution in [0.3, 0.4) is 0 Å². The van der Waals surface area contributed by atoms with E-state index in [1.54, 1.807) is 16.8 Å². The molecule has 3 aromatic heterocycles. The van der Waals surface area contributed by atoms with E-state index in [4.69, 9.17) is 4.98 Å². The van der Waals surface area contributed by atoms with E-state index in [1.807, 2.05) is 36.0 Å². The highest BCUT2D eigenvalue weighted by Crippen LogP contribution is 2.25. The molecule has 1 aliphatic rings. The number of fused-ring (bicyclic) bond motifs is 1. The maximum absolute atomic E-state index is 13.6. The Bertz CT molecular complexity index is 1260. The van der Waals surface area contributed by atoms with Gasteiger partial charge in [-0.2, -0.15) is 5.10 Å². The highest BCUT2D eigenvalue weighted by Gasteiger charge is 2.29. The van der Waals surface area contributed by atoms with Gasteiger partial charge in [-0.3, -0.25) is 15.0 Å². The molecule has 0 amide bonds. The predicted octanol–water partition coefficient (Wildman–Crippen LogP) is 2.98. The van der Waals surface area contributed by atoms with Gasteiger partial charge in [-0.15, -0.1) is 5.10 Å². The van der Waals surface area contributed by atoms with E-state index in [0.717, 1.165) is 48.3 Å². The summed E-state index contributed by atoms with van der Waals surface area (Å²) in [6, 6.07) is 12.7. The third-order valence-corrected chi connectivity index (χ3v) is 6.40. The molecular weight excluding hydrogens is 431 g/mol. The fraction of sp³-hybridized carbons (Fsp3) is 0.400. The van der Waals surface area contributed by atoms with Gasteiger partial charge in [0.05, 0.1) is 11.4 Å². The average molecular weight is 461 g/mol. The Morgan fingerprint density at radius 1 is 1.21 bits per heavy atom. The lowest BCUT2D eigenvalue weighted by molar-refractivity contribution is 0.397. The first-order valence-corrected chi connectivity index (χ1v) is 11.8. The molecule has 9 heteroatoms. The molecule has 3 heterocycles. The normalized spacial score (nSPS) is 16.4. The van der Waals surface area contributed by atoms with Gasteiger partial charge in [-0.25, -0.2) is 9.07 Å². The van der Waals surface area contributed by atoms with Crippen molar-refractivity contribution in [2.45, 2.75) is 57.7 Å². The Morgan fingerprint density at radius 2 is 2.09 bits per heavy atom. The summed E-state index contributed by atoms with van der Waals surface area (Å²) in [6.45, 7) is 2.65. The lowest BCUT2D eigenvalue weighted by Gasteiger charge is -2.27. The molecule has 0 saturated carbocycles. The second kappa shape index (κ2) is 9.80. The smallest absolute Gasteiger partial charge is 0.174 e. The van der Waals surface area contributed by atoms with Crippen LogP contribution in [0.25, 0.3) is 0 Å². The van der Waals surface area contributed by atoms with Crippen molar-refractivity contribution in [2.75, 3.05) is 0 Å². The van der Waals surface area contributed by atoms with E-state index >= 15 is 0 Å². The average Bonchev–Trinajstić information content (AvgIpc) is 3.46. The summed E-state index contributed by atoms with van der Waals surface area (Å²) >= 11 is 0. The van der Waals surface area contributed by atoms with Crippen molar-refractivity contribution >= 4 is 0 Å². The highest BCUT2D eigenvalue weighted by atomic mass is 19.1. The molecule has 34 heavy (non-hydrogen) atoms. The minimum atomic E-state index is -0.260. The molecule has 1 N–H and O–H groups in total. The van der Waals surface area contributed by atoms with E-state index in [-0.39, 0.29) is 17.9 Å². The van der Waals surface area contributed by atoms with Crippen molar-refractivity contribution < 1.29 is 4.39 Å². The van der Waals surface area contributed by atoms with E-state index < -0.39 is 0 Å². The van der Waals surface area contributed by atoms with Crippen LogP contribution in [0, 0.1) is 5.82 Å². The minimum absolute atomic E-state index is 0.229. The molecule has 0 bridgehead atoms. The van der Waals surface area contributed by atoms with Crippen molar-refractivity contribution in [1.29, 1.82) is 0 Å². The summed E-state index contributed by atoms with van der Waals surface area (Å²) in [4.78, 5) is 4.89. The van der Waals surface area contributed by atoms with Gasteiger partial charge >= 0.3 is 0 Å². The second-order valence-corrected chi connectivity index (χ2v) is 8.86. The number of aromatic nitrogens is 7. The maximum atomic E-state index is 13.6. The molecule has 1 aromatic carbocycles. The van der Waals surface area contributed by atoms with E-state index in [2.05, 4.69) is 39.1 Å². The first-order chi connectivity index (χ1) is 16.6. The number of benzene rings is 1. The SMILES string of the molecule is CCc1cccc(C(NC2CCc3cn(C)nc3C2)c2nnnn2CCc2cccc(F)c2)n1. The third-order valence-electron chi connectivity index (χ3n) is 6.40. The first kappa shape index (κ1) is 22.3. The van der Waals surface area contributed by atoms with Crippen LogP contribution in [0.1, 0.15) is 53.4 Å². The van der Waals surface area contributed by atoms with Crippen LogP contribution in [0.4, 0.5) is 4.39 Å². The van der Waals surface area contributed by atoms with Gasteiger partial charge in [0.1, 0.15) is 11.9 Å². The van der Waals surface area contributed by atoms with Crippen LogP contribution in [-0.4, -0.2) is 41.0 Å². The number of hydrogen-bond acceptors (Lipinski definition) is 6. The van der Waals surface area contributed by atoms with Gasteiger partial charge in [0, 0.05) is 37.9 Å². The van der Waals surface area contributed by atoms with Gasteiger partial charge in [-0.1, -0.05) is 25.1 Å². The number of rotatable bonds is 8. The van der Waals surface area contributed by atoms with Crippen LogP contribution in [-0.2, 0) is 39.3 Å². The highest BCUT2D eigenvalue weighted by molar-refractivity contribution is 5.24. The summed E-state index contributed by atoms with van der Waals surface area (Å²) in [5.74, 6) is 0.477. The van der Waals surface area contributed by atoms with Crippen molar-refractivity contribution in [2.24, 2.45) is 7.05 Å². The molecule has 0 radical (unpaired) electrons. The lowest BCUT2D eigenvalue weighted by atomic mass is 9.93. The molecule has 2 atom stereocenters. The Kier molecular flexibility index (Phi) is 6.44. The molecule has 0 saturated heterocycles. The van der Waals surface area contributed by atoms with Crippen LogP contribution in [0.5, 0.6) is 0 Å². The van der Waals surface area contributed by atoms with Crippen molar-refractivity contribution in [1.82, 2.24) is 40.3 Å². The summed E-state index contributed by atoms with van der Waals surface area (Å²) in [5.41, 5.74) is 5.30. The van der Waals surface area contributed by atoms with Crippen molar-refractivity contribution in [3.63, 3.8) is 0 Å². The van der Waals surface area contributed by atoms with E-state index in [1.165, 1.54) is 11.6 Å². The zero-order valence-corrected chi connectivity index (χ0v) is 19.5. The Hall–Kier alpha value is -3.46. The first-order valence-electron chi connectivity index (χ1n) is 11.8. The van der Waals surface area contributed by atoms with Crippen LogP contribution in [0.15, 0.2) is 48.7 Å². The molecule has 5 rings (SSSR count). The number of nitrogens with one attached hydrogen (secondary N) is 1. The van der Waals surface area contributed by atoms with Gasteiger partial charge in [0.25, 0.3) is 0 Å². The van der Waals surface area contributed by atoms with Crippen LogP contribution in [0.2, 0.25) is 0 Å². The number of pyridine rings is 1. The number of hydrogen-bond donors (Lipinski definition) is 1. The summed E-state index contributed by atoms with van der Waals surface area (Å²) in [5, 5.41) is 21.1. The second-order valence-electron chi connectivity index (χ2n) is 8.86.